The number of aliphatic hydroxyl groups excluding tert-OH is 1. The van der Waals surface area contributed by atoms with Crippen LogP contribution in [0.25, 0.3) is 0 Å². The lowest BCUT2D eigenvalue weighted by Gasteiger charge is -2.10. The van der Waals surface area contributed by atoms with E-state index in [1.807, 2.05) is 20.8 Å². The number of thiophene rings is 1. The summed E-state index contributed by atoms with van der Waals surface area (Å²) in [5.74, 6) is 1.75. The summed E-state index contributed by atoms with van der Waals surface area (Å²) in [7, 11) is 0. The normalized spacial score (nSPS) is 12.9. The van der Waals surface area contributed by atoms with E-state index in [1.165, 1.54) is 5.56 Å². The summed E-state index contributed by atoms with van der Waals surface area (Å²) < 4.78 is 5.55. The van der Waals surface area contributed by atoms with E-state index in [0.29, 0.717) is 0 Å². The number of furan rings is 1. The van der Waals surface area contributed by atoms with Gasteiger partial charge in [-0.1, -0.05) is 0 Å². The van der Waals surface area contributed by atoms with Gasteiger partial charge in [0.2, 0.25) is 0 Å². The molecule has 3 heteroatoms. The summed E-state index contributed by atoms with van der Waals surface area (Å²) in [6, 6.07) is 2.11. The molecule has 2 rings (SSSR count). The zero-order valence-electron chi connectivity index (χ0n) is 10.5. The fourth-order valence-electron chi connectivity index (χ4n) is 2.18. The van der Waals surface area contributed by atoms with Gasteiger partial charge in [0.25, 0.3) is 0 Å². The van der Waals surface area contributed by atoms with Crippen molar-refractivity contribution in [3.63, 3.8) is 0 Å². The molecular weight excluding hydrogens is 232 g/mol. The molecule has 1 unspecified atom stereocenters. The molecule has 92 valence electrons. The first-order chi connectivity index (χ1) is 8.09. The van der Waals surface area contributed by atoms with Crippen molar-refractivity contribution in [2.24, 2.45) is 0 Å². The lowest BCUT2D eigenvalue weighted by atomic mass is 9.99. The van der Waals surface area contributed by atoms with Crippen LogP contribution in [-0.4, -0.2) is 5.11 Å². The van der Waals surface area contributed by atoms with Crippen LogP contribution in [0.15, 0.2) is 21.2 Å². The Morgan fingerprint density at radius 2 is 2.06 bits per heavy atom. The van der Waals surface area contributed by atoms with Crippen molar-refractivity contribution in [1.82, 2.24) is 0 Å². The van der Waals surface area contributed by atoms with Crippen molar-refractivity contribution < 1.29 is 9.52 Å². The van der Waals surface area contributed by atoms with Crippen LogP contribution in [-0.2, 0) is 6.42 Å². The zero-order chi connectivity index (χ0) is 12.4. The van der Waals surface area contributed by atoms with Crippen LogP contribution in [0.2, 0.25) is 0 Å². The summed E-state index contributed by atoms with van der Waals surface area (Å²) in [6.45, 7) is 5.87. The molecule has 0 bridgehead atoms. The van der Waals surface area contributed by atoms with E-state index in [4.69, 9.17) is 4.42 Å². The monoisotopic (exact) mass is 250 g/mol. The Labute approximate surface area is 106 Å². The second-order valence-electron chi connectivity index (χ2n) is 4.44. The Bertz CT molecular complexity index is 483. The second-order valence-corrected chi connectivity index (χ2v) is 5.22. The number of hydrogen-bond acceptors (Lipinski definition) is 3. The molecule has 2 heterocycles. The van der Waals surface area contributed by atoms with Crippen LogP contribution in [0.3, 0.4) is 0 Å². The van der Waals surface area contributed by atoms with E-state index in [9.17, 15) is 5.11 Å². The van der Waals surface area contributed by atoms with Gasteiger partial charge in [0.15, 0.2) is 0 Å². The Morgan fingerprint density at radius 1 is 1.29 bits per heavy atom. The molecule has 1 N–H and O–H groups in total. The highest BCUT2D eigenvalue weighted by atomic mass is 32.1. The highest BCUT2D eigenvalue weighted by Gasteiger charge is 2.18. The average Bonchev–Trinajstić information content (AvgIpc) is 2.86. The average molecular weight is 250 g/mol. The Hall–Kier alpha value is -1.06. The standard InChI is InChI=1S/C14H18O2S/c1-9-10(2)16-11(3)14(9)13(15)5-4-12-6-7-17-8-12/h6-8,13,15H,4-5H2,1-3H3. The first-order valence-electron chi connectivity index (χ1n) is 5.85. The molecule has 0 aliphatic heterocycles. The largest absolute Gasteiger partial charge is 0.466 e. The molecule has 1 atom stereocenters. The van der Waals surface area contributed by atoms with Crippen LogP contribution >= 0.6 is 11.3 Å². The van der Waals surface area contributed by atoms with Gasteiger partial charge in [-0.3, -0.25) is 0 Å². The molecule has 0 saturated carbocycles. The van der Waals surface area contributed by atoms with Crippen LogP contribution in [0.4, 0.5) is 0 Å². The van der Waals surface area contributed by atoms with Gasteiger partial charge < -0.3 is 9.52 Å². The van der Waals surface area contributed by atoms with Crippen LogP contribution < -0.4 is 0 Å². The van der Waals surface area contributed by atoms with E-state index < -0.39 is 6.10 Å². The maximum Gasteiger partial charge on any atom is 0.107 e. The lowest BCUT2D eigenvalue weighted by Crippen LogP contribution is -2.01. The van der Waals surface area contributed by atoms with Crippen LogP contribution in [0, 0.1) is 20.8 Å². The first kappa shape index (κ1) is 12.4. The fraction of sp³-hybridized carbons (Fsp3) is 0.429. The predicted octanol–water partition coefficient (Wildman–Crippen LogP) is 3.93. The molecule has 2 aromatic heterocycles. The molecular formula is C14H18O2S. The summed E-state index contributed by atoms with van der Waals surface area (Å²) in [6.07, 6.45) is 1.23. The lowest BCUT2D eigenvalue weighted by molar-refractivity contribution is 0.165. The van der Waals surface area contributed by atoms with Crippen LogP contribution in [0.1, 0.15) is 40.7 Å². The topological polar surface area (TPSA) is 33.4 Å². The third-order valence-electron chi connectivity index (χ3n) is 3.24. The molecule has 0 amide bonds. The first-order valence-corrected chi connectivity index (χ1v) is 6.79. The minimum Gasteiger partial charge on any atom is -0.466 e. The Balaban J connectivity index is 2.07. The zero-order valence-corrected chi connectivity index (χ0v) is 11.3. The van der Waals surface area contributed by atoms with E-state index in [2.05, 4.69) is 16.8 Å². The van der Waals surface area contributed by atoms with Gasteiger partial charge in [-0.15, -0.1) is 0 Å². The van der Waals surface area contributed by atoms with Crippen molar-refractivity contribution in [2.45, 2.75) is 39.7 Å². The molecule has 2 aromatic rings. The Morgan fingerprint density at radius 3 is 2.59 bits per heavy atom. The van der Waals surface area contributed by atoms with Crippen molar-refractivity contribution in [1.29, 1.82) is 0 Å². The van der Waals surface area contributed by atoms with E-state index in [1.54, 1.807) is 11.3 Å². The number of rotatable bonds is 4. The van der Waals surface area contributed by atoms with Gasteiger partial charge in [0, 0.05) is 5.56 Å². The molecule has 0 radical (unpaired) electrons. The summed E-state index contributed by atoms with van der Waals surface area (Å²) >= 11 is 1.70. The predicted molar refractivity (Wildman–Crippen MR) is 70.5 cm³/mol. The quantitative estimate of drug-likeness (QED) is 0.891. The minimum atomic E-state index is -0.424. The molecule has 0 aromatic carbocycles. The number of hydrogen-bond donors (Lipinski definition) is 1. The van der Waals surface area contributed by atoms with Crippen molar-refractivity contribution in [2.75, 3.05) is 0 Å². The van der Waals surface area contributed by atoms with Gasteiger partial charge in [0.05, 0.1) is 6.10 Å². The SMILES string of the molecule is Cc1oc(C)c(C(O)CCc2ccsc2)c1C. The third-order valence-corrected chi connectivity index (χ3v) is 3.97. The molecule has 17 heavy (non-hydrogen) atoms. The van der Waals surface area contributed by atoms with Crippen molar-refractivity contribution in [3.05, 3.63) is 45.0 Å². The number of aliphatic hydroxyl groups is 1. The summed E-state index contributed by atoms with van der Waals surface area (Å²) in [5.41, 5.74) is 3.35. The fourth-order valence-corrected chi connectivity index (χ4v) is 2.89. The maximum absolute atomic E-state index is 10.2. The Kier molecular flexibility index (Phi) is 3.69. The van der Waals surface area contributed by atoms with Crippen molar-refractivity contribution in [3.8, 4) is 0 Å². The number of aryl methyl sites for hydroxylation is 3. The highest BCUT2D eigenvalue weighted by molar-refractivity contribution is 7.07. The summed E-state index contributed by atoms with van der Waals surface area (Å²) in [4.78, 5) is 0. The third kappa shape index (κ3) is 2.61. The van der Waals surface area contributed by atoms with Gasteiger partial charge in [-0.2, -0.15) is 11.3 Å². The molecule has 0 aliphatic rings. The van der Waals surface area contributed by atoms with Gasteiger partial charge in [0.1, 0.15) is 11.5 Å². The molecule has 0 saturated heterocycles. The van der Waals surface area contributed by atoms with Crippen LogP contribution in [0.5, 0.6) is 0 Å². The molecule has 0 spiro atoms. The smallest absolute Gasteiger partial charge is 0.107 e. The molecule has 0 aliphatic carbocycles. The molecule has 0 fully saturated rings. The van der Waals surface area contributed by atoms with E-state index >= 15 is 0 Å². The maximum atomic E-state index is 10.2. The van der Waals surface area contributed by atoms with E-state index in [-0.39, 0.29) is 0 Å². The van der Waals surface area contributed by atoms with Crippen molar-refractivity contribution >= 4 is 11.3 Å². The summed E-state index contributed by atoms with van der Waals surface area (Å²) in [5, 5.41) is 14.4. The second kappa shape index (κ2) is 5.07. The highest BCUT2D eigenvalue weighted by Crippen LogP contribution is 2.29. The van der Waals surface area contributed by atoms with Gasteiger partial charge >= 0.3 is 0 Å². The van der Waals surface area contributed by atoms with E-state index in [0.717, 1.165) is 35.5 Å². The minimum absolute atomic E-state index is 0.424. The molecule has 2 nitrogen and oxygen atoms in total. The van der Waals surface area contributed by atoms with Gasteiger partial charge in [-0.05, 0) is 61.6 Å². The van der Waals surface area contributed by atoms with Gasteiger partial charge in [-0.25, -0.2) is 0 Å².